The Morgan fingerprint density at radius 3 is 2.58 bits per heavy atom. The SMILES string of the molecule is COc1cc(C2CC(CN)CN2C)ccc1OCc1ccccc1. The number of nitrogens with two attached hydrogens (primary N) is 1. The van der Waals surface area contributed by atoms with Gasteiger partial charge in [-0.15, -0.1) is 0 Å². The summed E-state index contributed by atoms with van der Waals surface area (Å²) in [5.41, 5.74) is 8.24. The van der Waals surface area contributed by atoms with Gasteiger partial charge in [0.25, 0.3) is 0 Å². The van der Waals surface area contributed by atoms with Crippen LogP contribution in [0.25, 0.3) is 0 Å². The first-order valence-corrected chi connectivity index (χ1v) is 8.46. The molecule has 1 aliphatic heterocycles. The van der Waals surface area contributed by atoms with Crippen molar-refractivity contribution in [3.8, 4) is 11.5 Å². The summed E-state index contributed by atoms with van der Waals surface area (Å²) in [6.45, 7) is 2.33. The Balaban J connectivity index is 1.73. The molecule has 2 atom stereocenters. The highest BCUT2D eigenvalue weighted by atomic mass is 16.5. The number of methoxy groups -OCH3 is 1. The second kappa shape index (κ2) is 7.69. The van der Waals surface area contributed by atoms with Crippen LogP contribution in [0, 0.1) is 5.92 Å². The van der Waals surface area contributed by atoms with Crippen molar-refractivity contribution in [1.82, 2.24) is 4.90 Å². The van der Waals surface area contributed by atoms with Crippen molar-refractivity contribution in [1.29, 1.82) is 0 Å². The summed E-state index contributed by atoms with van der Waals surface area (Å²) in [5, 5.41) is 0. The Hall–Kier alpha value is -2.04. The number of nitrogens with zero attached hydrogens (tertiary/aromatic N) is 1. The predicted molar refractivity (Wildman–Crippen MR) is 96.3 cm³/mol. The van der Waals surface area contributed by atoms with E-state index in [-0.39, 0.29) is 0 Å². The third kappa shape index (κ3) is 3.71. The summed E-state index contributed by atoms with van der Waals surface area (Å²) in [6.07, 6.45) is 1.10. The van der Waals surface area contributed by atoms with Crippen molar-refractivity contribution < 1.29 is 9.47 Å². The molecule has 1 fully saturated rings. The summed E-state index contributed by atoms with van der Waals surface area (Å²) < 4.78 is 11.5. The molecule has 4 nitrogen and oxygen atoms in total. The van der Waals surface area contributed by atoms with Crippen LogP contribution < -0.4 is 15.2 Å². The van der Waals surface area contributed by atoms with E-state index in [0.717, 1.165) is 36.6 Å². The summed E-state index contributed by atoms with van der Waals surface area (Å²) in [4.78, 5) is 2.37. The molecular weight excluding hydrogens is 300 g/mol. The van der Waals surface area contributed by atoms with E-state index in [0.29, 0.717) is 18.6 Å². The van der Waals surface area contributed by atoms with E-state index in [2.05, 4.69) is 36.2 Å². The lowest BCUT2D eigenvalue weighted by Gasteiger charge is -2.21. The molecule has 2 aromatic rings. The van der Waals surface area contributed by atoms with Crippen LogP contribution in [0.3, 0.4) is 0 Å². The average molecular weight is 326 g/mol. The van der Waals surface area contributed by atoms with Crippen LogP contribution in [0.1, 0.15) is 23.6 Å². The molecule has 2 aromatic carbocycles. The lowest BCUT2D eigenvalue weighted by Crippen LogP contribution is -2.20. The highest BCUT2D eigenvalue weighted by molar-refractivity contribution is 5.44. The Morgan fingerprint density at radius 2 is 1.92 bits per heavy atom. The standard InChI is InChI=1S/C20H26N2O2/c1-22-13-16(12-21)10-18(22)17-8-9-19(20(11-17)23-2)24-14-15-6-4-3-5-7-15/h3-9,11,16,18H,10,12-14,21H2,1-2H3. The fraction of sp³-hybridized carbons (Fsp3) is 0.400. The van der Waals surface area contributed by atoms with E-state index < -0.39 is 0 Å². The third-order valence-electron chi connectivity index (χ3n) is 4.78. The van der Waals surface area contributed by atoms with Gasteiger partial charge in [-0.3, -0.25) is 4.90 Å². The Kier molecular flexibility index (Phi) is 5.38. The maximum atomic E-state index is 5.94. The normalized spacial score (nSPS) is 21.0. The smallest absolute Gasteiger partial charge is 0.161 e. The molecule has 1 saturated heterocycles. The highest BCUT2D eigenvalue weighted by Crippen LogP contribution is 2.38. The van der Waals surface area contributed by atoms with Crippen LogP contribution in [0.15, 0.2) is 48.5 Å². The molecule has 0 bridgehead atoms. The second-order valence-electron chi connectivity index (χ2n) is 6.48. The molecule has 1 aliphatic rings. The zero-order chi connectivity index (χ0) is 16.9. The first kappa shape index (κ1) is 16.8. The Bertz CT molecular complexity index is 660. The van der Waals surface area contributed by atoms with Crippen molar-refractivity contribution in [2.45, 2.75) is 19.1 Å². The van der Waals surface area contributed by atoms with E-state index in [1.165, 1.54) is 5.56 Å². The zero-order valence-corrected chi connectivity index (χ0v) is 14.4. The lowest BCUT2D eigenvalue weighted by molar-refractivity contribution is 0.282. The maximum absolute atomic E-state index is 5.94. The van der Waals surface area contributed by atoms with Gasteiger partial charge < -0.3 is 15.2 Å². The molecule has 2 unspecified atom stereocenters. The summed E-state index contributed by atoms with van der Waals surface area (Å²) in [5.74, 6) is 2.13. The van der Waals surface area contributed by atoms with Crippen LogP contribution in [0.2, 0.25) is 0 Å². The van der Waals surface area contributed by atoms with Crippen molar-refractivity contribution in [3.63, 3.8) is 0 Å². The molecule has 24 heavy (non-hydrogen) atoms. The highest BCUT2D eigenvalue weighted by Gasteiger charge is 2.30. The minimum absolute atomic E-state index is 0.399. The summed E-state index contributed by atoms with van der Waals surface area (Å²) in [7, 11) is 3.85. The number of rotatable bonds is 6. The fourth-order valence-electron chi connectivity index (χ4n) is 3.41. The van der Waals surface area contributed by atoms with Gasteiger partial charge >= 0.3 is 0 Å². The minimum atomic E-state index is 0.399. The molecule has 0 amide bonds. The third-order valence-corrected chi connectivity index (χ3v) is 4.78. The van der Waals surface area contributed by atoms with Crippen molar-refractivity contribution in [2.24, 2.45) is 11.7 Å². The molecule has 0 spiro atoms. The molecule has 0 radical (unpaired) electrons. The quantitative estimate of drug-likeness (QED) is 0.885. The number of likely N-dealkylation sites (tertiary alicyclic amines) is 1. The Morgan fingerprint density at radius 1 is 1.12 bits per heavy atom. The average Bonchev–Trinajstić information content (AvgIpc) is 3.01. The van der Waals surface area contributed by atoms with E-state index >= 15 is 0 Å². The molecule has 2 N–H and O–H groups in total. The number of hydrogen-bond donors (Lipinski definition) is 1. The maximum Gasteiger partial charge on any atom is 0.161 e. The number of benzene rings is 2. The van der Waals surface area contributed by atoms with Crippen LogP contribution in [0.5, 0.6) is 11.5 Å². The van der Waals surface area contributed by atoms with E-state index in [4.69, 9.17) is 15.2 Å². The van der Waals surface area contributed by atoms with Gasteiger partial charge in [0.2, 0.25) is 0 Å². The van der Waals surface area contributed by atoms with Gasteiger partial charge in [-0.05, 0) is 49.2 Å². The van der Waals surface area contributed by atoms with E-state index in [9.17, 15) is 0 Å². The zero-order valence-electron chi connectivity index (χ0n) is 14.4. The van der Waals surface area contributed by atoms with Crippen LogP contribution in [-0.2, 0) is 6.61 Å². The van der Waals surface area contributed by atoms with Gasteiger partial charge in [0, 0.05) is 12.6 Å². The summed E-state index contributed by atoms with van der Waals surface area (Å²) in [6, 6.07) is 16.8. The number of hydrogen-bond acceptors (Lipinski definition) is 4. The first-order valence-electron chi connectivity index (χ1n) is 8.46. The topological polar surface area (TPSA) is 47.7 Å². The summed E-state index contributed by atoms with van der Waals surface area (Å²) >= 11 is 0. The molecule has 0 aromatic heterocycles. The van der Waals surface area contributed by atoms with Gasteiger partial charge in [-0.1, -0.05) is 36.4 Å². The molecule has 128 valence electrons. The van der Waals surface area contributed by atoms with Gasteiger partial charge in [-0.2, -0.15) is 0 Å². The molecule has 1 heterocycles. The van der Waals surface area contributed by atoms with Gasteiger partial charge in [0.1, 0.15) is 6.61 Å². The largest absolute Gasteiger partial charge is 0.493 e. The predicted octanol–water partition coefficient (Wildman–Crippen LogP) is 3.23. The number of ether oxygens (including phenoxy) is 2. The van der Waals surface area contributed by atoms with Gasteiger partial charge in [0.05, 0.1) is 7.11 Å². The van der Waals surface area contributed by atoms with Crippen molar-refractivity contribution in [2.75, 3.05) is 27.2 Å². The second-order valence-corrected chi connectivity index (χ2v) is 6.48. The Labute approximate surface area is 144 Å². The molecule has 0 aliphatic carbocycles. The van der Waals surface area contributed by atoms with E-state index in [1.54, 1.807) is 7.11 Å². The molecule has 3 rings (SSSR count). The van der Waals surface area contributed by atoms with E-state index in [1.807, 2.05) is 24.3 Å². The van der Waals surface area contributed by atoms with Gasteiger partial charge in [-0.25, -0.2) is 0 Å². The van der Waals surface area contributed by atoms with Crippen molar-refractivity contribution >= 4 is 0 Å². The van der Waals surface area contributed by atoms with Crippen LogP contribution in [0.4, 0.5) is 0 Å². The fourth-order valence-corrected chi connectivity index (χ4v) is 3.41. The van der Waals surface area contributed by atoms with Crippen molar-refractivity contribution in [3.05, 3.63) is 59.7 Å². The minimum Gasteiger partial charge on any atom is -0.493 e. The van der Waals surface area contributed by atoms with Crippen LogP contribution in [-0.4, -0.2) is 32.1 Å². The van der Waals surface area contributed by atoms with Crippen LogP contribution >= 0.6 is 0 Å². The molecular formula is C20H26N2O2. The lowest BCUT2D eigenvalue weighted by atomic mass is 9.99. The molecule has 4 heteroatoms. The first-order chi connectivity index (χ1) is 11.7. The molecule has 0 saturated carbocycles. The monoisotopic (exact) mass is 326 g/mol. The van der Waals surface area contributed by atoms with Gasteiger partial charge in [0.15, 0.2) is 11.5 Å².